The highest BCUT2D eigenvalue weighted by Gasteiger charge is 2.36. The number of hydrazone groups is 2. The number of para-hydroxylation sites is 2. The van der Waals surface area contributed by atoms with Crippen LogP contribution < -0.4 is 10.0 Å². The largest absolute Gasteiger partial charge is 0.371 e. The Morgan fingerprint density at radius 1 is 0.926 bits per heavy atom. The topological polar surface area (TPSA) is 68.5 Å². The predicted octanol–water partition coefficient (Wildman–Crippen LogP) is 3.17. The lowest BCUT2D eigenvalue weighted by molar-refractivity contribution is -0.114. The van der Waals surface area contributed by atoms with E-state index in [-0.39, 0.29) is 11.8 Å². The number of carbonyl (C=O) groups is 1. The summed E-state index contributed by atoms with van der Waals surface area (Å²) in [6.45, 7) is 3.66. The zero-order chi connectivity index (χ0) is 19.0. The Bertz CT molecular complexity index is 951. The molecule has 6 nitrogen and oxygen atoms in total. The highest BCUT2D eigenvalue weighted by atomic mass is 16.3. The van der Waals surface area contributed by atoms with Crippen LogP contribution >= 0.6 is 0 Å². The van der Waals surface area contributed by atoms with E-state index in [0.717, 1.165) is 11.4 Å². The number of anilines is 2. The van der Waals surface area contributed by atoms with Gasteiger partial charge in [0.25, 0.3) is 5.91 Å². The lowest BCUT2D eigenvalue weighted by Crippen LogP contribution is -2.32. The zero-order valence-electron chi connectivity index (χ0n) is 15.1. The molecule has 0 radical (unpaired) electrons. The van der Waals surface area contributed by atoms with Crippen LogP contribution in [0.4, 0.5) is 11.4 Å². The van der Waals surface area contributed by atoms with Gasteiger partial charge in [0, 0.05) is 5.71 Å². The van der Waals surface area contributed by atoms with E-state index in [1.807, 2.05) is 67.6 Å². The number of aliphatic hydroxyl groups is 1. The van der Waals surface area contributed by atoms with Crippen molar-refractivity contribution in [1.29, 1.82) is 0 Å². The van der Waals surface area contributed by atoms with Gasteiger partial charge in [0.15, 0.2) is 6.23 Å². The molecule has 2 heterocycles. The van der Waals surface area contributed by atoms with Crippen LogP contribution in [0.15, 0.2) is 82.5 Å². The van der Waals surface area contributed by atoms with Gasteiger partial charge in [-0.25, -0.2) is 5.01 Å². The molecule has 1 amide bonds. The molecule has 1 N–H and O–H groups in total. The number of hydrogen-bond donors (Lipinski definition) is 1. The van der Waals surface area contributed by atoms with Crippen molar-refractivity contribution >= 4 is 28.7 Å². The Labute approximate surface area is 157 Å². The van der Waals surface area contributed by atoms with Gasteiger partial charge in [-0.1, -0.05) is 42.5 Å². The molecule has 2 aromatic rings. The molecule has 0 saturated heterocycles. The Kier molecular flexibility index (Phi) is 4.33. The van der Waals surface area contributed by atoms with Crippen LogP contribution in [0, 0.1) is 5.92 Å². The number of carbonyl (C=O) groups excluding carboxylic acids is 1. The minimum absolute atomic E-state index is 0.197. The van der Waals surface area contributed by atoms with E-state index >= 15 is 0 Å². The summed E-state index contributed by atoms with van der Waals surface area (Å²) in [6.07, 6.45) is 0.905. The maximum absolute atomic E-state index is 12.9. The molecule has 0 aliphatic carbocycles. The van der Waals surface area contributed by atoms with Crippen molar-refractivity contribution in [2.24, 2.45) is 16.1 Å². The SMILES string of the molecule is CC1=NN(c2ccccc2)C(=O)C1=CC1C(C)=NN(c2ccccc2)C1O. The van der Waals surface area contributed by atoms with Crippen molar-refractivity contribution in [1.82, 2.24) is 0 Å². The quantitative estimate of drug-likeness (QED) is 0.855. The molecule has 136 valence electrons. The first-order chi connectivity index (χ1) is 13.1. The maximum Gasteiger partial charge on any atom is 0.280 e. The summed E-state index contributed by atoms with van der Waals surface area (Å²) < 4.78 is 0. The summed E-state index contributed by atoms with van der Waals surface area (Å²) in [4.78, 5) is 12.9. The summed E-state index contributed by atoms with van der Waals surface area (Å²) in [7, 11) is 0. The van der Waals surface area contributed by atoms with Crippen LogP contribution in [0.3, 0.4) is 0 Å². The van der Waals surface area contributed by atoms with Crippen molar-refractivity contribution in [3.63, 3.8) is 0 Å². The minimum Gasteiger partial charge on any atom is -0.371 e. The average molecular weight is 360 g/mol. The van der Waals surface area contributed by atoms with E-state index in [0.29, 0.717) is 17.0 Å². The molecule has 27 heavy (non-hydrogen) atoms. The van der Waals surface area contributed by atoms with Crippen molar-refractivity contribution in [3.05, 3.63) is 72.3 Å². The van der Waals surface area contributed by atoms with Crippen LogP contribution in [-0.4, -0.2) is 28.7 Å². The molecule has 6 heteroatoms. The van der Waals surface area contributed by atoms with E-state index in [1.54, 1.807) is 18.0 Å². The van der Waals surface area contributed by atoms with Crippen molar-refractivity contribution in [2.45, 2.75) is 20.1 Å². The first kappa shape index (κ1) is 17.2. The summed E-state index contributed by atoms with van der Waals surface area (Å²) in [5.74, 6) is -0.582. The molecule has 2 unspecified atom stereocenters. The van der Waals surface area contributed by atoms with Crippen molar-refractivity contribution < 1.29 is 9.90 Å². The van der Waals surface area contributed by atoms with E-state index < -0.39 is 6.23 Å². The standard InChI is InChI=1S/C21H20N4O2/c1-14-18(20(26)24(22-14)16-9-5-3-6-10-16)13-19-15(2)23-25(21(19)27)17-11-7-4-8-12-17/h3-13,18,20,26H,1-2H3. The Morgan fingerprint density at radius 3 is 2.15 bits per heavy atom. The summed E-state index contributed by atoms with van der Waals surface area (Å²) in [6, 6.07) is 18.8. The minimum atomic E-state index is -0.869. The summed E-state index contributed by atoms with van der Waals surface area (Å²) in [5.41, 5.74) is 3.39. The molecule has 0 saturated carbocycles. The molecular formula is C21H20N4O2. The van der Waals surface area contributed by atoms with Crippen molar-refractivity contribution in [3.8, 4) is 0 Å². The van der Waals surface area contributed by atoms with Crippen LogP contribution in [0.5, 0.6) is 0 Å². The molecule has 2 aliphatic rings. The van der Waals surface area contributed by atoms with Gasteiger partial charge in [-0.2, -0.15) is 15.2 Å². The number of benzene rings is 2. The van der Waals surface area contributed by atoms with Gasteiger partial charge in [0.2, 0.25) is 0 Å². The Hall–Kier alpha value is -3.25. The highest BCUT2D eigenvalue weighted by Crippen LogP contribution is 2.30. The Balaban J connectivity index is 1.62. The lowest BCUT2D eigenvalue weighted by Gasteiger charge is -2.22. The van der Waals surface area contributed by atoms with Gasteiger partial charge >= 0.3 is 0 Å². The zero-order valence-corrected chi connectivity index (χ0v) is 15.1. The monoisotopic (exact) mass is 360 g/mol. The second-order valence-electron chi connectivity index (χ2n) is 6.58. The number of amides is 1. The predicted molar refractivity (Wildman–Crippen MR) is 107 cm³/mol. The van der Waals surface area contributed by atoms with E-state index in [9.17, 15) is 9.90 Å². The third-order valence-electron chi connectivity index (χ3n) is 4.75. The normalized spacial score (nSPS) is 23.8. The molecule has 2 atom stereocenters. The molecule has 0 bridgehead atoms. The van der Waals surface area contributed by atoms with Gasteiger partial charge in [-0.15, -0.1) is 0 Å². The highest BCUT2D eigenvalue weighted by molar-refractivity contribution is 6.30. The number of aliphatic hydroxyl groups excluding tert-OH is 1. The molecule has 2 aliphatic heterocycles. The van der Waals surface area contributed by atoms with Crippen LogP contribution in [0.2, 0.25) is 0 Å². The first-order valence-corrected chi connectivity index (χ1v) is 8.80. The van der Waals surface area contributed by atoms with Crippen LogP contribution in [0.1, 0.15) is 13.8 Å². The van der Waals surface area contributed by atoms with E-state index in [4.69, 9.17) is 0 Å². The molecule has 0 spiro atoms. The fraction of sp³-hybridized carbons (Fsp3) is 0.190. The van der Waals surface area contributed by atoms with Gasteiger partial charge in [-0.05, 0) is 38.1 Å². The van der Waals surface area contributed by atoms with E-state index in [1.165, 1.54) is 5.01 Å². The maximum atomic E-state index is 12.9. The van der Waals surface area contributed by atoms with Gasteiger partial charge in [0.1, 0.15) is 0 Å². The second kappa shape index (κ2) is 6.81. The molecule has 0 aromatic heterocycles. The molecule has 2 aromatic carbocycles. The van der Waals surface area contributed by atoms with Gasteiger partial charge in [0.05, 0.1) is 28.6 Å². The first-order valence-electron chi connectivity index (χ1n) is 8.80. The number of hydrogen-bond acceptors (Lipinski definition) is 5. The fourth-order valence-electron chi connectivity index (χ4n) is 3.30. The number of nitrogens with zero attached hydrogens (tertiary/aromatic N) is 4. The van der Waals surface area contributed by atoms with Crippen LogP contribution in [-0.2, 0) is 4.79 Å². The molecular weight excluding hydrogens is 340 g/mol. The van der Waals surface area contributed by atoms with E-state index in [2.05, 4.69) is 10.2 Å². The third-order valence-corrected chi connectivity index (χ3v) is 4.75. The Morgan fingerprint density at radius 2 is 1.52 bits per heavy atom. The van der Waals surface area contributed by atoms with Gasteiger partial charge in [-0.3, -0.25) is 4.79 Å². The summed E-state index contributed by atoms with van der Waals surface area (Å²) >= 11 is 0. The molecule has 0 fully saturated rings. The lowest BCUT2D eigenvalue weighted by atomic mass is 9.98. The third kappa shape index (κ3) is 3.04. The fourth-order valence-corrected chi connectivity index (χ4v) is 3.30. The molecule has 4 rings (SSSR count). The smallest absolute Gasteiger partial charge is 0.280 e. The average Bonchev–Trinajstić information content (AvgIpc) is 3.14. The number of rotatable bonds is 3. The van der Waals surface area contributed by atoms with Crippen LogP contribution in [0.25, 0.3) is 0 Å². The second-order valence-corrected chi connectivity index (χ2v) is 6.58. The van der Waals surface area contributed by atoms with Crippen molar-refractivity contribution in [2.75, 3.05) is 10.0 Å². The summed E-state index contributed by atoms with van der Waals surface area (Å²) in [5, 5.41) is 22.6. The van der Waals surface area contributed by atoms with Gasteiger partial charge < -0.3 is 5.11 Å².